The molecule has 5 amide bonds. The molecule has 1 aromatic rings. The number of thioether (sulfide) groups is 1. The van der Waals surface area contributed by atoms with Gasteiger partial charge in [-0.1, -0.05) is 73.6 Å². The number of amides is 5. The number of nitrogens with zero attached hydrogens (tertiary/aromatic N) is 1. The Balaban J connectivity index is 1.51. The van der Waals surface area contributed by atoms with Gasteiger partial charge in [-0.05, 0) is 60.5 Å². The highest BCUT2D eigenvalue weighted by Gasteiger charge is 2.50. The zero-order valence-electron chi connectivity index (χ0n) is 29.0. The average molecular weight is 674 g/mol. The summed E-state index contributed by atoms with van der Waals surface area (Å²) in [5.74, 6) is -0.342. The second-order valence-electron chi connectivity index (χ2n) is 16.0. The molecular formula is C35H55N5O6S. The van der Waals surface area contributed by atoms with E-state index < -0.39 is 52.7 Å². The number of primary amides is 1. The Bertz CT molecular complexity index is 1280. The third-order valence-corrected chi connectivity index (χ3v) is 11.2. The van der Waals surface area contributed by atoms with E-state index in [1.165, 1.54) is 0 Å². The number of nitrogens with two attached hydrogens (primary N) is 1. The Kier molecular flexibility index (Phi) is 11.8. The van der Waals surface area contributed by atoms with Crippen LogP contribution in [0, 0.1) is 22.7 Å². The smallest absolute Gasteiger partial charge is 0.315 e. The van der Waals surface area contributed by atoms with Crippen molar-refractivity contribution in [1.29, 1.82) is 0 Å². The van der Waals surface area contributed by atoms with Crippen molar-refractivity contribution in [2.75, 3.05) is 12.3 Å². The molecule has 0 spiro atoms. The van der Waals surface area contributed by atoms with E-state index in [0.717, 1.165) is 56.5 Å². The van der Waals surface area contributed by atoms with Crippen molar-refractivity contribution in [3.05, 3.63) is 24.2 Å². The first-order chi connectivity index (χ1) is 22.0. The van der Waals surface area contributed by atoms with Crippen molar-refractivity contribution < 1.29 is 28.4 Å². The number of urea groups is 1. The number of rotatable bonds is 13. The fourth-order valence-corrected chi connectivity index (χ4v) is 8.33. The number of hydrogen-bond donors (Lipinski definition) is 4. The van der Waals surface area contributed by atoms with Gasteiger partial charge < -0.3 is 31.0 Å². The molecule has 47 heavy (non-hydrogen) atoms. The third kappa shape index (κ3) is 9.76. The topological polar surface area (TPSA) is 164 Å². The van der Waals surface area contributed by atoms with Crippen molar-refractivity contribution in [3.8, 4) is 0 Å². The van der Waals surface area contributed by atoms with E-state index in [0.29, 0.717) is 25.1 Å². The van der Waals surface area contributed by atoms with Crippen LogP contribution in [0.5, 0.6) is 0 Å². The largest absolute Gasteiger partial charge is 0.468 e. The van der Waals surface area contributed by atoms with Crippen LogP contribution in [-0.4, -0.2) is 70.4 Å². The standard InChI is InChI=1S/C35H55N5O6S/c1-33(2,3)24-14-17-40(26(24)30(43)37-25(19-22-12-13-22)27(41)29(36)42)31(44)28(34(4,5)6)38-32(45)39-35(15-8-7-9-16-35)21-47-20-23-11-10-18-46-23/h10-11,18,22,24-26,28H,7-9,12-17,19-21H2,1-6H3,(H2,36,42)(H,37,43)(H2,38,39,45)/t24?,25?,26?,28-/m1/s1. The van der Waals surface area contributed by atoms with Crippen LogP contribution < -0.4 is 21.7 Å². The van der Waals surface area contributed by atoms with E-state index in [1.807, 2.05) is 53.7 Å². The number of likely N-dealkylation sites (tertiary alicyclic amines) is 1. The van der Waals surface area contributed by atoms with Gasteiger partial charge in [0.05, 0.1) is 23.6 Å². The van der Waals surface area contributed by atoms with Gasteiger partial charge in [-0.3, -0.25) is 19.2 Å². The molecule has 0 bridgehead atoms. The summed E-state index contributed by atoms with van der Waals surface area (Å²) in [5, 5.41) is 9.10. The average Bonchev–Trinajstić information content (AvgIpc) is 3.44. The Morgan fingerprint density at radius 1 is 1.02 bits per heavy atom. The molecule has 2 heterocycles. The fraction of sp³-hybridized carbons (Fsp3) is 0.743. The van der Waals surface area contributed by atoms with Gasteiger partial charge in [-0.25, -0.2) is 4.79 Å². The Morgan fingerprint density at radius 3 is 2.26 bits per heavy atom. The summed E-state index contributed by atoms with van der Waals surface area (Å²) in [6.45, 7) is 12.1. The van der Waals surface area contributed by atoms with Crippen LogP contribution in [0.1, 0.15) is 105 Å². The summed E-state index contributed by atoms with van der Waals surface area (Å²) >= 11 is 1.72. The number of Topliss-reactive ketones (excluding diaryl/α,β-unsaturated/α-hetero) is 1. The molecule has 0 aromatic carbocycles. The van der Waals surface area contributed by atoms with E-state index in [-0.39, 0.29) is 23.2 Å². The third-order valence-electron chi connectivity index (χ3n) is 9.98. The van der Waals surface area contributed by atoms with Crippen LogP contribution in [-0.2, 0) is 24.9 Å². The maximum absolute atomic E-state index is 14.5. The summed E-state index contributed by atoms with van der Waals surface area (Å²) in [4.78, 5) is 68.3. The van der Waals surface area contributed by atoms with Gasteiger partial charge in [0.25, 0.3) is 5.91 Å². The molecule has 2 saturated carbocycles. The monoisotopic (exact) mass is 673 g/mol. The minimum absolute atomic E-state index is 0.206. The van der Waals surface area contributed by atoms with Crippen molar-refractivity contribution in [2.24, 2.45) is 28.4 Å². The van der Waals surface area contributed by atoms with Crippen LogP contribution in [0.4, 0.5) is 4.79 Å². The maximum Gasteiger partial charge on any atom is 0.315 e. The molecule has 262 valence electrons. The molecule has 4 rings (SSSR count). The second-order valence-corrected chi connectivity index (χ2v) is 17.0. The number of carbonyl (C=O) groups is 5. The Hall–Kier alpha value is -3.02. The van der Waals surface area contributed by atoms with Gasteiger partial charge in [0.2, 0.25) is 17.6 Å². The normalized spacial score (nSPS) is 22.6. The van der Waals surface area contributed by atoms with E-state index >= 15 is 0 Å². The van der Waals surface area contributed by atoms with Crippen LogP contribution in [0.25, 0.3) is 0 Å². The maximum atomic E-state index is 14.5. The highest BCUT2D eigenvalue weighted by molar-refractivity contribution is 7.98. The highest BCUT2D eigenvalue weighted by atomic mass is 32.2. The molecule has 3 aliphatic rings. The van der Waals surface area contributed by atoms with Crippen LogP contribution in [0.15, 0.2) is 22.8 Å². The zero-order chi connectivity index (χ0) is 34.6. The SMILES string of the molecule is CC(C)(C)C1CCN(C(=O)[C@@H](NC(=O)NC2(CSCc3ccco3)CCCCC2)C(C)(C)C)C1C(=O)NC(CC1CC1)C(=O)C(N)=O. The van der Waals surface area contributed by atoms with Gasteiger partial charge >= 0.3 is 6.03 Å². The van der Waals surface area contributed by atoms with E-state index in [9.17, 15) is 24.0 Å². The lowest BCUT2D eigenvalue weighted by molar-refractivity contribution is -0.145. The van der Waals surface area contributed by atoms with Crippen molar-refractivity contribution in [2.45, 2.75) is 129 Å². The first-order valence-corrected chi connectivity index (χ1v) is 18.3. The number of carbonyl (C=O) groups excluding carboxylic acids is 5. The predicted molar refractivity (Wildman–Crippen MR) is 182 cm³/mol. The molecule has 1 saturated heterocycles. The van der Waals surface area contributed by atoms with E-state index in [2.05, 4.69) is 16.0 Å². The van der Waals surface area contributed by atoms with Gasteiger partial charge in [0.15, 0.2) is 0 Å². The lowest BCUT2D eigenvalue weighted by Crippen LogP contribution is -2.63. The summed E-state index contributed by atoms with van der Waals surface area (Å²) in [6, 6.07) is 0.601. The predicted octanol–water partition coefficient (Wildman–Crippen LogP) is 4.53. The van der Waals surface area contributed by atoms with Crippen molar-refractivity contribution in [1.82, 2.24) is 20.9 Å². The molecule has 11 nitrogen and oxygen atoms in total. The van der Waals surface area contributed by atoms with E-state index in [1.54, 1.807) is 22.9 Å². The Morgan fingerprint density at radius 2 is 1.70 bits per heavy atom. The van der Waals surface area contributed by atoms with Crippen molar-refractivity contribution in [3.63, 3.8) is 0 Å². The number of ketones is 1. The fourth-order valence-electron chi connectivity index (χ4n) is 7.12. The summed E-state index contributed by atoms with van der Waals surface area (Å²) in [5.41, 5.74) is 3.94. The van der Waals surface area contributed by atoms with Gasteiger partial charge in [-0.15, -0.1) is 0 Å². The quantitative estimate of drug-likeness (QED) is 0.224. The van der Waals surface area contributed by atoms with Crippen molar-refractivity contribution >= 4 is 41.3 Å². The first-order valence-electron chi connectivity index (χ1n) is 17.1. The molecule has 1 aromatic heterocycles. The van der Waals surface area contributed by atoms with E-state index in [4.69, 9.17) is 10.2 Å². The van der Waals surface area contributed by atoms with Crippen LogP contribution in [0.2, 0.25) is 0 Å². The number of hydrogen-bond acceptors (Lipinski definition) is 7. The van der Waals surface area contributed by atoms with Crippen LogP contribution >= 0.6 is 11.8 Å². The molecule has 4 atom stereocenters. The number of furan rings is 1. The number of nitrogens with one attached hydrogen (secondary N) is 3. The minimum Gasteiger partial charge on any atom is -0.468 e. The lowest BCUT2D eigenvalue weighted by atomic mass is 9.75. The van der Waals surface area contributed by atoms with Gasteiger partial charge in [0, 0.05) is 12.3 Å². The zero-order valence-corrected chi connectivity index (χ0v) is 29.8. The summed E-state index contributed by atoms with van der Waals surface area (Å²) in [6.07, 6.45) is 9.32. The second kappa shape index (κ2) is 15.0. The molecule has 3 fully saturated rings. The summed E-state index contributed by atoms with van der Waals surface area (Å²) < 4.78 is 5.49. The molecule has 1 aliphatic heterocycles. The molecule has 2 aliphatic carbocycles. The summed E-state index contributed by atoms with van der Waals surface area (Å²) in [7, 11) is 0. The van der Waals surface area contributed by atoms with Gasteiger partial charge in [0.1, 0.15) is 17.8 Å². The molecule has 0 radical (unpaired) electrons. The molecular weight excluding hydrogens is 618 g/mol. The molecule has 5 N–H and O–H groups in total. The van der Waals surface area contributed by atoms with Gasteiger partial charge in [-0.2, -0.15) is 11.8 Å². The highest BCUT2D eigenvalue weighted by Crippen LogP contribution is 2.40. The molecule has 3 unspecified atom stereocenters. The molecule has 12 heteroatoms. The Labute approximate surface area is 283 Å². The lowest BCUT2D eigenvalue weighted by Gasteiger charge is -2.41. The first kappa shape index (κ1) is 36.8. The van der Waals surface area contributed by atoms with Crippen LogP contribution in [0.3, 0.4) is 0 Å². The minimum atomic E-state index is -1.08.